The monoisotopic (exact) mass is 388 g/mol. The minimum atomic E-state index is -0.340. The fourth-order valence-electron chi connectivity index (χ4n) is 2.79. The molecule has 0 fully saturated rings. The second kappa shape index (κ2) is 8.19. The van der Waals surface area contributed by atoms with Gasteiger partial charge in [-0.2, -0.15) is 0 Å². The zero-order valence-electron chi connectivity index (χ0n) is 16.7. The lowest BCUT2D eigenvalue weighted by Crippen LogP contribution is -2.15. The summed E-state index contributed by atoms with van der Waals surface area (Å²) in [5, 5.41) is 15.6. The van der Waals surface area contributed by atoms with Gasteiger partial charge in [-0.05, 0) is 59.5 Å². The summed E-state index contributed by atoms with van der Waals surface area (Å²) in [6, 6.07) is 20.7. The summed E-state index contributed by atoms with van der Waals surface area (Å²) in [4.78, 5) is 24.8. The summed E-state index contributed by atoms with van der Waals surface area (Å²) in [5.74, 6) is -0.544. The van der Waals surface area contributed by atoms with Gasteiger partial charge < -0.3 is 15.7 Å². The number of hydrogen-bond acceptors (Lipinski definition) is 3. The second-order valence-corrected chi connectivity index (χ2v) is 7.83. The summed E-state index contributed by atoms with van der Waals surface area (Å²) >= 11 is 0. The Morgan fingerprint density at radius 1 is 0.759 bits per heavy atom. The molecule has 5 heteroatoms. The number of phenolic OH excluding ortho intramolecular Hbond substituents is 1. The van der Waals surface area contributed by atoms with Crippen LogP contribution in [0.3, 0.4) is 0 Å². The molecule has 0 saturated heterocycles. The molecule has 0 radical (unpaired) electrons. The Balaban J connectivity index is 1.70. The zero-order chi connectivity index (χ0) is 21.0. The lowest BCUT2D eigenvalue weighted by molar-refractivity contribution is 0.101. The summed E-state index contributed by atoms with van der Waals surface area (Å²) in [5.41, 5.74) is 2.83. The maximum Gasteiger partial charge on any atom is 0.255 e. The molecule has 5 nitrogen and oxygen atoms in total. The van der Waals surface area contributed by atoms with Crippen LogP contribution < -0.4 is 10.6 Å². The molecule has 0 heterocycles. The molecule has 0 bridgehead atoms. The summed E-state index contributed by atoms with van der Waals surface area (Å²) < 4.78 is 0. The van der Waals surface area contributed by atoms with Gasteiger partial charge in [0.2, 0.25) is 0 Å². The number of phenols is 1. The van der Waals surface area contributed by atoms with Crippen LogP contribution in [0.4, 0.5) is 11.4 Å². The van der Waals surface area contributed by atoms with Crippen LogP contribution in [0.1, 0.15) is 47.1 Å². The van der Waals surface area contributed by atoms with Gasteiger partial charge in [-0.3, -0.25) is 9.59 Å². The van der Waals surface area contributed by atoms with E-state index in [0.29, 0.717) is 22.5 Å². The number of nitrogens with one attached hydrogen (secondary N) is 2. The van der Waals surface area contributed by atoms with Crippen molar-refractivity contribution in [1.29, 1.82) is 0 Å². The molecule has 2 amide bonds. The van der Waals surface area contributed by atoms with Crippen LogP contribution >= 0.6 is 0 Å². The van der Waals surface area contributed by atoms with Crippen molar-refractivity contribution in [2.75, 3.05) is 10.6 Å². The standard InChI is InChI=1S/C24H24N2O3/c1-24(2,3)18-11-14-21(27)20(15-18)26-23(29)17-9-12-19(13-10-17)25-22(28)16-7-5-4-6-8-16/h4-15,27H,1-3H3,(H,25,28)(H,26,29). The molecule has 0 saturated carbocycles. The Bertz CT molecular complexity index is 1020. The molecule has 3 N–H and O–H groups in total. The highest BCUT2D eigenvalue weighted by atomic mass is 16.3. The van der Waals surface area contributed by atoms with Crippen LogP contribution in [-0.4, -0.2) is 16.9 Å². The topological polar surface area (TPSA) is 78.4 Å². The first-order valence-corrected chi connectivity index (χ1v) is 9.35. The van der Waals surface area contributed by atoms with Gasteiger partial charge in [0.1, 0.15) is 5.75 Å². The van der Waals surface area contributed by atoms with Crippen LogP contribution in [0, 0.1) is 0 Å². The van der Waals surface area contributed by atoms with Gasteiger partial charge in [0.15, 0.2) is 0 Å². The van der Waals surface area contributed by atoms with E-state index in [9.17, 15) is 14.7 Å². The Morgan fingerprint density at radius 3 is 1.97 bits per heavy atom. The Morgan fingerprint density at radius 2 is 1.34 bits per heavy atom. The van der Waals surface area contributed by atoms with Crippen molar-refractivity contribution >= 4 is 23.2 Å². The normalized spacial score (nSPS) is 11.0. The lowest BCUT2D eigenvalue weighted by atomic mass is 9.87. The predicted octanol–water partition coefficient (Wildman–Crippen LogP) is 5.19. The molecule has 0 aliphatic carbocycles. The first-order valence-electron chi connectivity index (χ1n) is 9.35. The highest BCUT2D eigenvalue weighted by Crippen LogP contribution is 2.31. The second-order valence-electron chi connectivity index (χ2n) is 7.83. The van der Waals surface area contributed by atoms with Gasteiger partial charge in [0.05, 0.1) is 5.69 Å². The fourth-order valence-corrected chi connectivity index (χ4v) is 2.79. The number of anilines is 2. The number of aromatic hydroxyl groups is 1. The first-order chi connectivity index (χ1) is 13.7. The third-order valence-corrected chi connectivity index (χ3v) is 4.55. The molecule has 0 aliphatic rings. The largest absolute Gasteiger partial charge is 0.506 e. The van der Waals surface area contributed by atoms with Gasteiger partial charge in [0.25, 0.3) is 11.8 Å². The van der Waals surface area contributed by atoms with E-state index >= 15 is 0 Å². The highest BCUT2D eigenvalue weighted by Gasteiger charge is 2.17. The minimum Gasteiger partial charge on any atom is -0.506 e. The van der Waals surface area contributed by atoms with Crippen LogP contribution in [0.25, 0.3) is 0 Å². The van der Waals surface area contributed by atoms with E-state index in [4.69, 9.17) is 0 Å². The quantitative estimate of drug-likeness (QED) is 0.538. The molecule has 0 aromatic heterocycles. The Kier molecular flexibility index (Phi) is 5.69. The van der Waals surface area contributed by atoms with E-state index in [0.717, 1.165) is 5.56 Å². The number of carbonyl (C=O) groups is 2. The lowest BCUT2D eigenvalue weighted by Gasteiger charge is -2.20. The molecule has 29 heavy (non-hydrogen) atoms. The molecule has 148 valence electrons. The zero-order valence-corrected chi connectivity index (χ0v) is 16.7. The van der Waals surface area contributed by atoms with Gasteiger partial charge in [-0.25, -0.2) is 0 Å². The van der Waals surface area contributed by atoms with Crippen molar-refractivity contribution in [2.24, 2.45) is 0 Å². The van der Waals surface area contributed by atoms with E-state index in [1.54, 1.807) is 60.7 Å². The van der Waals surface area contributed by atoms with Crippen molar-refractivity contribution in [3.63, 3.8) is 0 Å². The maximum atomic E-state index is 12.6. The molecule has 0 unspecified atom stereocenters. The first kappa shape index (κ1) is 20.1. The van der Waals surface area contributed by atoms with Crippen molar-refractivity contribution in [3.05, 3.63) is 89.5 Å². The number of hydrogen-bond donors (Lipinski definition) is 3. The third-order valence-electron chi connectivity index (χ3n) is 4.55. The van der Waals surface area contributed by atoms with Crippen molar-refractivity contribution in [2.45, 2.75) is 26.2 Å². The number of amides is 2. The van der Waals surface area contributed by atoms with Gasteiger partial charge in [0, 0.05) is 16.8 Å². The molecular formula is C24H24N2O3. The highest BCUT2D eigenvalue weighted by molar-refractivity contribution is 6.06. The van der Waals surface area contributed by atoms with Crippen molar-refractivity contribution < 1.29 is 14.7 Å². The maximum absolute atomic E-state index is 12.6. The van der Waals surface area contributed by atoms with Crippen LogP contribution in [0.15, 0.2) is 72.8 Å². The average molecular weight is 388 g/mol. The van der Waals surface area contributed by atoms with Crippen molar-refractivity contribution in [3.8, 4) is 5.75 Å². The molecule has 0 aliphatic heterocycles. The van der Waals surface area contributed by atoms with E-state index < -0.39 is 0 Å². The molecule has 0 atom stereocenters. The Hall–Kier alpha value is -3.60. The number of rotatable bonds is 4. The summed E-state index contributed by atoms with van der Waals surface area (Å²) in [6.07, 6.45) is 0. The van der Waals surface area contributed by atoms with E-state index in [1.165, 1.54) is 0 Å². The van der Waals surface area contributed by atoms with Crippen LogP contribution in [0.2, 0.25) is 0 Å². The fraction of sp³-hybridized carbons (Fsp3) is 0.167. The number of benzene rings is 3. The molecular weight excluding hydrogens is 364 g/mol. The minimum absolute atomic E-state index is 0.0121. The predicted molar refractivity (Wildman–Crippen MR) is 116 cm³/mol. The summed E-state index contributed by atoms with van der Waals surface area (Å²) in [6.45, 7) is 6.19. The molecule has 3 rings (SSSR count). The smallest absolute Gasteiger partial charge is 0.255 e. The van der Waals surface area contributed by atoms with Crippen molar-refractivity contribution in [1.82, 2.24) is 0 Å². The van der Waals surface area contributed by atoms with Crippen LogP contribution in [0.5, 0.6) is 5.75 Å². The summed E-state index contributed by atoms with van der Waals surface area (Å²) in [7, 11) is 0. The van der Waals surface area contributed by atoms with Gasteiger partial charge in [-0.1, -0.05) is 45.0 Å². The third kappa shape index (κ3) is 5.02. The van der Waals surface area contributed by atoms with Gasteiger partial charge in [-0.15, -0.1) is 0 Å². The molecule has 3 aromatic carbocycles. The molecule has 0 spiro atoms. The van der Waals surface area contributed by atoms with E-state index in [2.05, 4.69) is 31.4 Å². The molecule has 3 aromatic rings. The number of carbonyl (C=O) groups excluding carboxylic acids is 2. The SMILES string of the molecule is CC(C)(C)c1ccc(O)c(NC(=O)c2ccc(NC(=O)c3ccccc3)cc2)c1. The Labute approximate surface area is 170 Å². The van der Waals surface area contributed by atoms with Gasteiger partial charge >= 0.3 is 0 Å². The van der Waals surface area contributed by atoms with E-state index in [-0.39, 0.29) is 23.0 Å². The van der Waals surface area contributed by atoms with Crippen LogP contribution in [-0.2, 0) is 5.41 Å². The van der Waals surface area contributed by atoms with E-state index in [1.807, 2.05) is 12.1 Å². The average Bonchev–Trinajstić information content (AvgIpc) is 2.70.